The smallest absolute Gasteiger partial charge is 0.409 e. The number of carbonyl (C=O) groups is 2. The molecule has 0 N–H and O–H groups in total. The van der Waals surface area contributed by atoms with Gasteiger partial charge in [-0.2, -0.15) is 0 Å². The number of hydrogen-bond acceptors (Lipinski definition) is 6. The van der Waals surface area contributed by atoms with Gasteiger partial charge in [0, 0.05) is 37.8 Å². The zero-order valence-electron chi connectivity index (χ0n) is 18.2. The first kappa shape index (κ1) is 22.9. The molecule has 1 saturated carbocycles. The first-order valence-electron chi connectivity index (χ1n) is 11.1. The molecular formula is C22H28ClN5O3S. The fourth-order valence-corrected chi connectivity index (χ4v) is 5.39. The molecule has 0 radical (unpaired) electrons. The summed E-state index contributed by atoms with van der Waals surface area (Å²) in [6, 6.07) is 7.98. The lowest BCUT2D eigenvalue weighted by Crippen LogP contribution is -2.51. The topological polar surface area (TPSA) is 80.6 Å². The van der Waals surface area contributed by atoms with Crippen molar-refractivity contribution in [1.82, 2.24) is 24.6 Å². The molecule has 4 rings (SSSR count). The third-order valence-corrected chi connectivity index (χ3v) is 7.21. The normalized spacial score (nSPS) is 17.1. The summed E-state index contributed by atoms with van der Waals surface area (Å²) in [5, 5.41) is 10.3. The van der Waals surface area contributed by atoms with Crippen molar-refractivity contribution in [3.8, 4) is 11.4 Å². The lowest BCUT2D eigenvalue weighted by molar-refractivity contribution is -0.129. The van der Waals surface area contributed by atoms with Gasteiger partial charge in [0.05, 0.1) is 17.4 Å². The number of hydrogen-bond donors (Lipinski definition) is 0. The summed E-state index contributed by atoms with van der Waals surface area (Å²) in [6.07, 6.45) is 4.20. The van der Waals surface area contributed by atoms with E-state index < -0.39 is 0 Å². The lowest BCUT2D eigenvalue weighted by atomic mass is 10.2. The molecule has 2 heterocycles. The largest absolute Gasteiger partial charge is 0.450 e. The lowest BCUT2D eigenvalue weighted by Gasteiger charge is -2.34. The third kappa shape index (κ3) is 5.04. The first-order valence-corrected chi connectivity index (χ1v) is 12.5. The maximum atomic E-state index is 12.8. The first-order chi connectivity index (χ1) is 15.6. The van der Waals surface area contributed by atoms with E-state index in [4.69, 9.17) is 16.3 Å². The number of piperazine rings is 1. The Morgan fingerprint density at radius 2 is 1.78 bits per heavy atom. The zero-order chi connectivity index (χ0) is 22.5. The van der Waals surface area contributed by atoms with E-state index in [0.29, 0.717) is 43.9 Å². The van der Waals surface area contributed by atoms with E-state index in [2.05, 4.69) is 14.8 Å². The summed E-state index contributed by atoms with van der Waals surface area (Å²) in [7, 11) is 0. The van der Waals surface area contributed by atoms with Gasteiger partial charge in [-0.05, 0) is 31.9 Å². The van der Waals surface area contributed by atoms with Crippen molar-refractivity contribution in [2.75, 3.05) is 38.5 Å². The molecule has 1 aliphatic carbocycles. The Morgan fingerprint density at radius 3 is 2.47 bits per heavy atom. The van der Waals surface area contributed by atoms with Crippen LogP contribution < -0.4 is 0 Å². The molecule has 0 unspecified atom stereocenters. The van der Waals surface area contributed by atoms with Crippen molar-refractivity contribution in [2.45, 2.75) is 43.8 Å². The van der Waals surface area contributed by atoms with Crippen LogP contribution in [-0.4, -0.2) is 75.1 Å². The predicted octanol–water partition coefficient (Wildman–Crippen LogP) is 4.11. The summed E-state index contributed by atoms with van der Waals surface area (Å²) >= 11 is 7.87. The minimum Gasteiger partial charge on any atom is -0.450 e. The molecular weight excluding hydrogens is 450 g/mol. The molecule has 2 aliphatic rings. The summed E-state index contributed by atoms with van der Waals surface area (Å²) in [4.78, 5) is 28.1. The molecule has 8 nitrogen and oxygen atoms in total. The highest BCUT2D eigenvalue weighted by Gasteiger charge is 2.28. The molecule has 2 fully saturated rings. The van der Waals surface area contributed by atoms with Gasteiger partial charge in [-0.1, -0.05) is 48.3 Å². The maximum absolute atomic E-state index is 12.8. The average Bonchev–Trinajstić information content (AvgIpc) is 3.48. The molecule has 32 heavy (non-hydrogen) atoms. The molecule has 172 valence electrons. The van der Waals surface area contributed by atoms with Crippen molar-refractivity contribution in [3.05, 3.63) is 29.3 Å². The van der Waals surface area contributed by atoms with E-state index in [-0.39, 0.29) is 17.8 Å². The van der Waals surface area contributed by atoms with Crippen LogP contribution in [-0.2, 0) is 9.53 Å². The molecule has 2 aromatic rings. The van der Waals surface area contributed by atoms with Crippen molar-refractivity contribution in [2.24, 2.45) is 0 Å². The number of benzene rings is 1. The van der Waals surface area contributed by atoms with Crippen LogP contribution in [0.25, 0.3) is 11.4 Å². The van der Waals surface area contributed by atoms with Crippen LogP contribution in [0.1, 0.15) is 38.6 Å². The van der Waals surface area contributed by atoms with Crippen LogP contribution in [0, 0.1) is 0 Å². The van der Waals surface area contributed by atoms with Crippen molar-refractivity contribution >= 4 is 35.4 Å². The van der Waals surface area contributed by atoms with E-state index in [0.717, 1.165) is 29.4 Å². The van der Waals surface area contributed by atoms with Crippen molar-refractivity contribution in [3.63, 3.8) is 0 Å². The van der Waals surface area contributed by atoms with E-state index in [1.165, 1.54) is 24.6 Å². The predicted molar refractivity (Wildman–Crippen MR) is 124 cm³/mol. The third-order valence-electron chi connectivity index (χ3n) is 5.95. The van der Waals surface area contributed by atoms with E-state index >= 15 is 0 Å². The van der Waals surface area contributed by atoms with Gasteiger partial charge in [-0.25, -0.2) is 4.79 Å². The van der Waals surface area contributed by atoms with Crippen LogP contribution in [0.2, 0.25) is 5.02 Å². The highest BCUT2D eigenvalue weighted by molar-refractivity contribution is 7.99. The van der Waals surface area contributed by atoms with Crippen molar-refractivity contribution < 1.29 is 14.3 Å². The number of carbonyl (C=O) groups excluding carboxylic acids is 2. The second kappa shape index (κ2) is 10.6. The number of amides is 2. The van der Waals surface area contributed by atoms with Crippen LogP contribution in [0.3, 0.4) is 0 Å². The maximum Gasteiger partial charge on any atom is 0.409 e. The number of rotatable bonds is 6. The summed E-state index contributed by atoms with van der Waals surface area (Å²) in [5.74, 6) is 1.09. The van der Waals surface area contributed by atoms with Crippen molar-refractivity contribution in [1.29, 1.82) is 0 Å². The van der Waals surface area contributed by atoms with Crippen LogP contribution in [0.5, 0.6) is 0 Å². The Morgan fingerprint density at radius 1 is 1.09 bits per heavy atom. The van der Waals surface area contributed by atoms with Gasteiger partial charge in [0.2, 0.25) is 5.91 Å². The van der Waals surface area contributed by atoms with Crippen LogP contribution in [0.15, 0.2) is 29.4 Å². The van der Waals surface area contributed by atoms with Gasteiger partial charge in [0.15, 0.2) is 11.0 Å². The van der Waals surface area contributed by atoms with E-state index in [1.807, 2.05) is 24.3 Å². The molecule has 0 atom stereocenters. The Kier molecular flexibility index (Phi) is 7.57. The second-order valence-corrected chi connectivity index (χ2v) is 9.30. The number of ether oxygens (including phenoxy) is 1. The highest BCUT2D eigenvalue weighted by Crippen LogP contribution is 2.38. The van der Waals surface area contributed by atoms with Crippen LogP contribution >= 0.6 is 23.4 Å². The Hall–Kier alpha value is -2.26. The Labute approximate surface area is 197 Å². The molecule has 1 saturated heterocycles. The number of thioether (sulfide) groups is 1. The molecule has 0 bridgehead atoms. The minimum atomic E-state index is -0.314. The second-order valence-electron chi connectivity index (χ2n) is 7.95. The standard InChI is InChI=1S/C22H28ClN5O3S/c1-2-31-22(30)27-13-11-26(12-14-27)19(29)15-32-21-25-24-20(17-9-5-6-10-18(17)23)28(21)16-7-3-4-8-16/h5-6,9-10,16H,2-4,7-8,11-15H2,1H3. The van der Waals surface area contributed by atoms with Gasteiger partial charge >= 0.3 is 6.09 Å². The van der Waals surface area contributed by atoms with Gasteiger partial charge in [-0.3, -0.25) is 9.36 Å². The quantitative estimate of drug-likeness (QED) is 0.582. The molecule has 1 aromatic carbocycles. The van der Waals surface area contributed by atoms with Gasteiger partial charge < -0.3 is 14.5 Å². The molecule has 0 spiro atoms. The summed E-state index contributed by atoms with van der Waals surface area (Å²) < 4.78 is 7.21. The number of halogens is 1. The van der Waals surface area contributed by atoms with Gasteiger partial charge in [-0.15, -0.1) is 10.2 Å². The Bertz CT molecular complexity index is 955. The van der Waals surface area contributed by atoms with E-state index in [9.17, 15) is 9.59 Å². The highest BCUT2D eigenvalue weighted by atomic mass is 35.5. The minimum absolute atomic E-state index is 0.0405. The van der Waals surface area contributed by atoms with Gasteiger partial charge in [0.1, 0.15) is 0 Å². The number of nitrogens with zero attached hydrogens (tertiary/aromatic N) is 5. The monoisotopic (exact) mass is 477 g/mol. The number of aromatic nitrogens is 3. The van der Waals surface area contributed by atoms with Gasteiger partial charge in [0.25, 0.3) is 0 Å². The molecule has 10 heteroatoms. The van der Waals surface area contributed by atoms with E-state index in [1.54, 1.807) is 16.7 Å². The molecule has 2 amide bonds. The SMILES string of the molecule is CCOC(=O)N1CCN(C(=O)CSc2nnc(-c3ccccc3Cl)n2C2CCCC2)CC1. The Balaban J connectivity index is 1.43. The zero-order valence-corrected chi connectivity index (χ0v) is 19.8. The fourth-order valence-electron chi connectivity index (χ4n) is 4.26. The molecule has 1 aliphatic heterocycles. The fraction of sp³-hybridized carbons (Fsp3) is 0.545. The average molecular weight is 478 g/mol. The summed E-state index contributed by atoms with van der Waals surface area (Å²) in [5.41, 5.74) is 0.863. The molecule has 1 aromatic heterocycles. The van der Waals surface area contributed by atoms with Crippen LogP contribution in [0.4, 0.5) is 4.79 Å². The summed E-state index contributed by atoms with van der Waals surface area (Å²) in [6.45, 7) is 4.15.